The van der Waals surface area contributed by atoms with Crippen LogP contribution in [0.5, 0.6) is 0 Å². The van der Waals surface area contributed by atoms with Crippen LogP contribution in [0.15, 0.2) is 59.1 Å². The Labute approximate surface area is 254 Å². The SMILES string of the molecule is COC[C@H]1CN(C(=O)OC(C)(C)C)[C@H](C)CN1CC(=O)N1CC(C)(c2cc(C)no2)c2ccc(Cc3ccccc3)cc21. The van der Waals surface area contributed by atoms with Crippen LogP contribution >= 0.6 is 0 Å². The lowest BCUT2D eigenvalue weighted by Crippen LogP contribution is -2.62. The highest BCUT2D eigenvalue weighted by Gasteiger charge is 2.46. The van der Waals surface area contributed by atoms with E-state index in [1.807, 2.05) is 63.8 Å². The first kappa shape index (κ1) is 30.8. The van der Waals surface area contributed by atoms with Gasteiger partial charge in [-0.05, 0) is 70.7 Å². The van der Waals surface area contributed by atoms with Crippen LogP contribution < -0.4 is 4.90 Å². The summed E-state index contributed by atoms with van der Waals surface area (Å²) in [6, 6.07) is 18.4. The Balaban J connectivity index is 1.41. The Hall–Kier alpha value is -3.69. The molecule has 0 spiro atoms. The number of rotatable bonds is 7. The minimum atomic E-state index is -0.585. The molecule has 230 valence electrons. The molecule has 2 amide bonds. The number of hydrogen-bond donors (Lipinski definition) is 0. The van der Waals surface area contributed by atoms with Gasteiger partial charge in [-0.1, -0.05) is 47.6 Å². The molecule has 2 aromatic carbocycles. The fraction of sp³-hybridized carbons (Fsp3) is 0.500. The van der Waals surface area contributed by atoms with Gasteiger partial charge in [0.05, 0.1) is 30.3 Å². The number of carbonyl (C=O) groups excluding carboxylic acids is 2. The van der Waals surface area contributed by atoms with Crippen LogP contribution in [0.2, 0.25) is 0 Å². The van der Waals surface area contributed by atoms with Gasteiger partial charge in [-0.25, -0.2) is 4.79 Å². The number of amides is 2. The molecule has 0 bridgehead atoms. The van der Waals surface area contributed by atoms with Crippen molar-refractivity contribution in [3.8, 4) is 0 Å². The highest BCUT2D eigenvalue weighted by atomic mass is 16.6. The Morgan fingerprint density at radius 3 is 2.47 bits per heavy atom. The zero-order valence-electron chi connectivity index (χ0n) is 26.4. The third-order valence-electron chi connectivity index (χ3n) is 8.43. The molecule has 1 aromatic heterocycles. The van der Waals surface area contributed by atoms with Crippen molar-refractivity contribution in [3.05, 3.63) is 82.7 Å². The predicted molar refractivity (Wildman–Crippen MR) is 165 cm³/mol. The average Bonchev–Trinajstić information content (AvgIpc) is 3.51. The molecule has 2 aliphatic rings. The summed E-state index contributed by atoms with van der Waals surface area (Å²) >= 11 is 0. The van der Waals surface area contributed by atoms with Crippen molar-refractivity contribution in [2.24, 2.45) is 0 Å². The van der Waals surface area contributed by atoms with Gasteiger partial charge in [0, 0.05) is 44.5 Å². The van der Waals surface area contributed by atoms with E-state index in [1.165, 1.54) is 5.56 Å². The van der Waals surface area contributed by atoms with Crippen molar-refractivity contribution < 1.29 is 23.6 Å². The van der Waals surface area contributed by atoms with E-state index in [2.05, 4.69) is 47.3 Å². The monoisotopic (exact) mass is 588 g/mol. The van der Waals surface area contributed by atoms with Crippen LogP contribution in [0, 0.1) is 6.92 Å². The third-order valence-corrected chi connectivity index (χ3v) is 8.43. The van der Waals surface area contributed by atoms with Gasteiger partial charge in [0.1, 0.15) is 11.4 Å². The van der Waals surface area contributed by atoms with E-state index >= 15 is 0 Å². The number of anilines is 1. The van der Waals surface area contributed by atoms with Gasteiger partial charge in [0.15, 0.2) is 0 Å². The standard InChI is InChI=1S/C34H44N4O5/c1-23-15-30(43-35-23)34(6)22-38(29-17-26(13-14-28(29)34)16-25-11-9-8-10-12-25)31(39)20-36-18-24(2)37(19-27(36)21-41-7)32(40)42-33(3,4)5/h8-15,17,24,27H,16,18-22H2,1-7H3/t24-,27-,34?/m1/s1. The Bertz CT molecular complexity index is 1450. The van der Waals surface area contributed by atoms with E-state index in [1.54, 1.807) is 12.0 Å². The number of fused-ring (bicyclic) bond motifs is 1. The molecule has 0 N–H and O–H groups in total. The van der Waals surface area contributed by atoms with Crippen LogP contribution in [0.3, 0.4) is 0 Å². The number of aryl methyl sites for hydroxylation is 1. The van der Waals surface area contributed by atoms with Crippen molar-refractivity contribution in [3.63, 3.8) is 0 Å². The molecule has 3 heterocycles. The maximum atomic E-state index is 14.2. The van der Waals surface area contributed by atoms with E-state index < -0.39 is 11.0 Å². The summed E-state index contributed by atoms with van der Waals surface area (Å²) < 4.78 is 17.0. The van der Waals surface area contributed by atoms with Gasteiger partial charge < -0.3 is 23.8 Å². The van der Waals surface area contributed by atoms with Crippen LogP contribution in [0.1, 0.15) is 62.8 Å². The number of piperazine rings is 1. The number of carbonyl (C=O) groups is 2. The normalized spacial score (nSPS) is 22.5. The van der Waals surface area contributed by atoms with Gasteiger partial charge in [0.2, 0.25) is 5.91 Å². The van der Waals surface area contributed by atoms with Crippen molar-refractivity contribution in [1.29, 1.82) is 0 Å². The van der Waals surface area contributed by atoms with Crippen molar-refractivity contribution in [1.82, 2.24) is 15.0 Å². The maximum absolute atomic E-state index is 14.2. The zero-order chi connectivity index (χ0) is 30.9. The molecule has 3 atom stereocenters. The highest BCUT2D eigenvalue weighted by molar-refractivity contribution is 5.98. The van der Waals surface area contributed by atoms with Crippen molar-refractivity contribution >= 4 is 17.7 Å². The van der Waals surface area contributed by atoms with Crippen LogP contribution in [0.25, 0.3) is 0 Å². The highest BCUT2D eigenvalue weighted by Crippen LogP contribution is 2.46. The van der Waals surface area contributed by atoms with Crippen LogP contribution in [0.4, 0.5) is 10.5 Å². The molecule has 5 rings (SSSR count). The third kappa shape index (κ3) is 6.63. The summed E-state index contributed by atoms with van der Waals surface area (Å²) in [6.07, 6.45) is 0.429. The summed E-state index contributed by atoms with van der Waals surface area (Å²) in [4.78, 5) is 33.0. The molecule has 43 heavy (non-hydrogen) atoms. The van der Waals surface area contributed by atoms with Gasteiger partial charge in [-0.2, -0.15) is 0 Å². The van der Waals surface area contributed by atoms with Crippen molar-refractivity contribution in [2.75, 3.05) is 44.8 Å². The second kappa shape index (κ2) is 12.1. The van der Waals surface area contributed by atoms with E-state index in [0.29, 0.717) is 26.2 Å². The van der Waals surface area contributed by atoms with E-state index in [-0.39, 0.29) is 30.6 Å². The van der Waals surface area contributed by atoms with Gasteiger partial charge >= 0.3 is 6.09 Å². The van der Waals surface area contributed by atoms with Crippen LogP contribution in [-0.2, 0) is 26.1 Å². The summed E-state index contributed by atoms with van der Waals surface area (Å²) in [7, 11) is 1.64. The molecule has 9 heteroatoms. The molecule has 0 saturated carbocycles. The Morgan fingerprint density at radius 2 is 1.81 bits per heavy atom. The van der Waals surface area contributed by atoms with Gasteiger partial charge in [-0.3, -0.25) is 9.69 Å². The first-order valence-corrected chi connectivity index (χ1v) is 15.0. The molecule has 0 radical (unpaired) electrons. The van der Waals surface area contributed by atoms with Crippen LogP contribution in [-0.4, -0.2) is 84.5 Å². The molecule has 1 unspecified atom stereocenters. The fourth-order valence-electron chi connectivity index (χ4n) is 6.24. The molecule has 0 aliphatic carbocycles. The van der Waals surface area contributed by atoms with E-state index in [9.17, 15) is 9.59 Å². The Morgan fingerprint density at radius 1 is 1.07 bits per heavy atom. The zero-order valence-corrected chi connectivity index (χ0v) is 26.4. The lowest BCUT2D eigenvalue weighted by Gasteiger charge is -2.45. The average molecular weight is 589 g/mol. The minimum absolute atomic E-state index is 0.00269. The lowest BCUT2D eigenvalue weighted by atomic mass is 9.81. The molecule has 1 fully saturated rings. The number of nitrogens with zero attached hydrogens (tertiary/aromatic N) is 4. The molecule has 3 aromatic rings. The predicted octanol–water partition coefficient (Wildman–Crippen LogP) is 5.18. The van der Waals surface area contributed by atoms with E-state index in [4.69, 9.17) is 14.0 Å². The minimum Gasteiger partial charge on any atom is -0.444 e. The lowest BCUT2D eigenvalue weighted by molar-refractivity contribution is -0.121. The first-order valence-electron chi connectivity index (χ1n) is 15.0. The summed E-state index contributed by atoms with van der Waals surface area (Å²) in [5.41, 5.74) is 3.99. The summed E-state index contributed by atoms with van der Waals surface area (Å²) in [5, 5.41) is 4.16. The fourth-order valence-corrected chi connectivity index (χ4v) is 6.24. The largest absolute Gasteiger partial charge is 0.444 e. The summed E-state index contributed by atoms with van der Waals surface area (Å²) in [6.45, 7) is 13.6. The van der Waals surface area contributed by atoms with Gasteiger partial charge in [0.25, 0.3) is 0 Å². The molecule has 9 nitrogen and oxygen atoms in total. The van der Waals surface area contributed by atoms with Crippen molar-refractivity contribution in [2.45, 2.75) is 71.1 Å². The first-order chi connectivity index (χ1) is 20.4. The number of ether oxygens (including phenoxy) is 2. The Kier molecular flexibility index (Phi) is 8.68. The molecule has 2 aliphatic heterocycles. The molecular weight excluding hydrogens is 544 g/mol. The second-order valence-electron chi connectivity index (χ2n) is 13.2. The number of benzene rings is 2. The quantitative estimate of drug-likeness (QED) is 0.376. The maximum Gasteiger partial charge on any atom is 0.410 e. The van der Waals surface area contributed by atoms with E-state index in [0.717, 1.165) is 34.7 Å². The van der Waals surface area contributed by atoms with Gasteiger partial charge in [-0.15, -0.1) is 0 Å². The smallest absolute Gasteiger partial charge is 0.410 e. The molecule has 1 saturated heterocycles. The number of hydrogen-bond acceptors (Lipinski definition) is 7. The topological polar surface area (TPSA) is 88.4 Å². The number of aromatic nitrogens is 1. The second-order valence-corrected chi connectivity index (χ2v) is 13.2. The molecular formula is C34H44N4O5. The summed E-state index contributed by atoms with van der Waals surface area (Å²) in [5.74, 6) is 0.742. The number of methoxy groups -OCH3 is 1.